The van der Waals surface area contributed by atoms with Crippen LogP contribution in [-0.2, 0) is 12.8 Å². The molecule has 0 saturated carbocycles. The highest BCUT2D eigenvalue weighted by atomic mass is 19.4. The number of halogens is 3. The van der Waals surface area contributed by atoms with Crippen molar-refractivity contribution in [2.45, 2.75) is 51.8 Å². The van der Waals surface area contributed by atoms with Gasteiger partial charge in [-0.15, -0.1) is 13.2 Å². The van der Waals surface area contributed by atoms with E-state index in [0.717, 1.165) is 24.0 Å². The Bertz CT molecular complexity index is 489. The van der Waals surface area contributed by atoms with E-state index in [-0.39, 0.29) is 5.75 Å². The number of rotatable bonds is 5. The molecule has 4 heteroatoms. The third kappa shape index (κ3) is 4.29. The van der Waals surface area contributed by atoms with Crippen LogP contribution in [-0.4, -0.2) is 6.36 Å². The SMILES string of the molecule is CCCCCC1=CCc2cc(OC(F)(F)F)ccc2C1. The first-order valence-corrected chi connectivity index (χ1v) is 7.03. The lowest BCUT2D eigenvalue weighted by molar-refractivity contribution is -0.274. The fourth-order valence-electron chi connectivity index (χ4n) is 2.53. The Labute approximate surface area is 117 Å². The zero-order chi connectivity index (χ0) is 14.6. The molecule has 0 heterocycles. The largest absolute Gasteiger partial charge is 0.573 e. The molecule has 0 spiro atoms. The third-order valence-electron chi connectivity index (χ3n) is 3.54. The van der Waals surface area contributed by atoms with E-state index >= 15 is 0 Å². The first kappa shape index (κ1) is 14.9. The van der Waals surface area contributed by atoms with E-state index in [1.807, 2.05) is 0 Å². The topological polar surface area (TPSA) is 9.23 Å². The Balaban J connectivity index is 2.00. The summed E-state index contributed by atoms with van der Waals surface area (Å²) in [6.45, 7) is 2.17. The van der Waals surface area contributed by atoms with Crippen LogP contribution in [0.25, 0.3) is 0 Å². The number of unbranched alkanes of at least 4 members (excludes halogenated alkanes) is 2. The molecule has 2 rings (SSSR count). The third-order valence-corrected chi connectivity index (χ3v) is 3.54. The molecule has 20 heavy (non-hydrogen) atoms. The van der Waals surface area contributed by atoms with Crippen LogP contribution in [0.3, 0.4) is 0 Å². The van der Waals surface area contributed by atoms with Gasteiger partial charge in [-0.2, -0.15) is 0 Å². The standard InChI is InChI=1S/C16H19F3O/c1-2-3-4-5-12-6-7-14-11-15(20-16(17,18)19)9-8-13(14)10-12/h6,8-9,11H,2-5,7,10H2,1H3. The molecule has 0 fully saturated rings. The van der Waals surface area contributed by atoms with Crippen molar-refractivity contribution in [3.63, 3.8) is 0 Å². The van der Waals surface area contributed by atoms with Crippen molar-refractivity contribution in [2.24, 2.45) is 0 Å². The quantitative estimate of drug-likeness (QED) is 0.534. The molecular weight excluding hydrogens is 265 g/mol. The average Bonchev–Trinajstić information content (AvgIpc) is 2.37. The first-order chi connectivity index (χ1) is 9.48. The van der Waals surface area contributed by atoms with Gasteiger partial charge in [-0.05, 0) is 48.9 Å². The lowest BCUT2D eigenvalue weighted by atomic mass is 9.89. The molecule has 110 valence electrons. The first-order valence-electron chi connectivity index (χ1n) is 7.03. The second-order valence-corrected chi connectivity index (χ2v) is 5.18. The van der Waals surface area contributed by atoms with Crippen molar-refractivity contribution in [2.75, 3.05) is 0 Å². The van der Waals surface area contributed by atoms with Gasteiger partial charge in [0.15, 0.2) is 0 Å². The van der Waals surface area contributed by atoms with Gasteiger partial charge in [-0.3, -0.25) is 0 Å². The van der Waals surface area contributed by atoms with Crippen LogP contribution in [0.5, 0.6) is 5.75 Å². The predicted molar refractivity (Wildman–Crippen MR) is 72.8 cm³/mol. The maximum absolute atomic E-state index is 12.2. The van der Waals surface area contributed by atoms with Crippen molar-refractivity contribution in [1.29, 1.82) is 0 Å². The highest BCUT2D eigenvalue weighted by molar-refractivity contribution is 5.42. The van der Waals surface area contributed by atoms with E-state index in [2.05, 4.69) is 17.7 Å². The Morgan fingerprint density at radius 1 is 1.15 bits per heavy atom. The molecular formula is C16H19F3O. The van der Waals surface area contributed by atoms with Gasteiger partial charge in [0.2, 0.25) is 0 Å². The summed E-state index contributed by atoms with van der Waals surface area (Å²) in [7, 11) is 0. The summed E-state index contributed by atoms with van der Waals surface area (Å²) in [4.78, 5) is 0. The van der Waals surface area contributed by atoms with Crippen LogP contribution in [0.2, 0.25) is 0 Å². The number of hydrogen-bond acceptors (Lipinski definition) is 1. The lowest BCUT2D eigenvalue weighted by Crippen LogP contribution is -2.17. The van der Waals surface area contributed by atoms with E-state index in [0.29, 0.717) is 6.42 Å². The molecule has 1 aromatic rings. The van der Waals surface area contributed by atoms with Gasteiger partial charge in [0, 0.05) is 0 Å². The summed E-state index contributed by atoms with van der Waals surface area (Å²) in [5.74, 6) is -0.126. The molecule has 1 aliphatic carbocycles. The fraction of sp³-hybridized carbons (Fsp3) is 0.500. The Morgan fingerprint density at radius 2 is 1.95 bits per heavy atom. The van der Waals surface area contributed by atoms with Crippen LogP contribution in [0.15, 0.2) is 29.8 Å². The van der Waals surface area contributed by atoms with Crippen LogP contribution in [0.4, 0.5) is 13.2 Å². The Morgan fingerprint density at radius 3 is 2.65 bits per heavy atom. The molecule has 0 N–H and O–H groups in total. The fourth-order valence-corrected chi connectivity index (χ4v) is 2.53. The summed E-state index contributed by atoms with van der Waals surface area (Å²) in [6, 6.07) is 4.66. The molecule has 0 aromatic heterocycles. The summed E-state index contributed by atoms with van der Waals surface area (Å²) >= 11 is 0. The molecule has 0 atom stereocenters. The van der Waals surface area contributed by atoms with E-state index < -0.39 is 6.36 Å². The molecule has 1 aromatic carbocycles. The van der Waals surface area contributed by atoms with Gasteiger partial charge in [-0.1, -0.05) is 37.5 Å². The van der Waals surface area contributed by atoms with Crippen LogP contribution in [0, 0.1) is 0 Å². The number of fused-ring (bicyclic) bond motifs is 1. The minimum atomic E-state index is -4.62. The highest BCUT2D eigenvalue weighted by Crippen LogP contribution is 2.30. The van der Waals surface area contributed by atoms with Gasteiger partial charge in [0.1, 0.15) is 5.75 Å². The molecule has 0 radical (unpaired) electrons. The van der Waals surface area contributed by atoms with Crippen molar-refractivity contribution in [3.05, 3.63) is 41.0 Å². The van der Waals surface area contributed by atoms with Crippen molar-refractivity contribution >= 4 is 0 Å². The second kappa shape index (κ2) is 6.33. The molecule has 0 saturated heterocycles. The minimum absolute atomic E-state index is 0.126. The van der Waals surface area contributed by atoms with Crippen LogP contribution in [0.1, 0.15) is 43.7 Å². The molecule has 0 unspecified atom stereocenters. The average molecular weight is 284 g/mol. The molecule has 0 amide bonds. The van der Waals surface area contributed by atoms with Crippen LogP contribution >= 0.6 is 0 Å². The number of hydrogen-bond donors (Lipinski definition) is 0. The highest BCUT2D eigenvalue weighted by Gasteiger charge is 2.31. The normalized spacial score (nSPS) is 14.7. The summed E-state index contributed by atoms with van der Waals surface area (Å²) < 4.78 is 40.5. The molecule has 1 nitrogen and oxygen atoms in total. The Hall–Kier alpha value is -1.45. The van der Waals surface area contributed by atoms with Crippen molar-refractivity contribution < 1.29 is 17.9 Å². The number of ether oxygens (including phenoxy) is 1. The van der Waals surface area contributed by atoms with Crippen molar-refractivity contribution in [1.82, 2.24) is 0 Å². The maximum atomic E-state index is 12.2. The van der Waals surface area contributed by atoms with Crippen LogP contribution < -0.4 is 4.74 Å². The van der Waals surface area contributed by atoms with E-state index in [1.165, 1.54) is 37.0 Å². The van der Waals surface area contributed by atoms with E-state index in [1.54, 1.807) is 6.07 Å². The molecule has 0 bridgehead atoms. The smallest absolute Gasteiger partial charge is 0.406 e. The van der Waals surface area contributed by atoms with Crippen molar-refractivity contribution in [3.8, 4) is 5.75 Å². The van der Waals surface area contributed by atoms with E-state index in [4.69, 9.17) is 0 Å². The Kier molecular flexibility index (Phi) is 4.73. The monoisotopic (exact) mass is 284 g/mol. The molecule has 0 aliphatic heterocycles. The summed E-state index contributed by atoms with van der Waals surface area (Å²) in [5, 5.41) is 0. The predicted octanol–water partition coefficient (Wildman–Crippen LogP) is 5.19. The van der Waals surface area contributed by atoms with Gasteiger partial charge in [0.05, 0.1) is 0 Å². The number of allylic oxidation sites excluding steroid dienone is 2. The minimum Gasteiger partial charge on any atom is -0.406 e. The second-order valence-electron chi connectivity index (χ2n) is 5.18. The zero-order valence-corrected chi connectivity index (χ0v) is 11.6. The zero-order valence-electron chi connectivity index (χ0n) is 11.6. The van der Waals surface area contributed by atoms with Gasteiger partial charge >= 0.3 is 6.36 Å². The lowest BCUT2D eigenvalue weighted by Gasteiger charge is -2.18. The van der Waals surface area contributed by atoms with Gasteiger partial charge in [0.25, 0.3) is 0 Å². The maximum Gasteiger partial charge on any atom is 0.573 e. The van der Waals surface area contributed by atoms with Gasteiger partial charge in [-0.25, -0.2) is 0 Å². The summed E-state index contributed by atoms with van der Waals surface area (Å²) in [6.07, 6.45) is 3.78. The van der Waals surface area contributed by atoms with Gasteiger partial charge < -0.3 is 4.74 Å². The number of benzene rings is 1. The summed E-state index contributed by atoms with van der Waals surface area (Å²) in [5.41, 5.74) is 3.45. The number of alkyl halides is 3. The van der Waals surface area contributed by atoms with E-state index in [9.17, 15) is 13.2 Å². The molecule has 1 aliphatic rings.